The molecule has 2 rings (SSSR count). The van der Waals surface area contributed by atoms with Crippen molar-refractivity contribution in [3.63, 3.8) is 0 Å². The Kier molecular flexibility index (Phi) is 5.86. The highest BCUT2D eigenvalue weighted by Crippen LogP contribution is 2.26. The van der Waals surface area contributed by atoms with Gasteiger partial charge >= 0.3 is 0 Å². The largest absolute Gasteiger partial charge is 0.325 e. The molecule has 0 saturated carbocycles. The van der Waals surface area contributed by atoms with Gasteiger partial charge in [-0.2, -0.15) is 0 Å². The van der Waals surface area contributed by atoms with Crippen LogP contribution >= 0.6 is 23.2 Å². The van der Waals surface area contributed by atoms with Crippen LogP contribution < -0.4 is 10.6 Å². The number of rotatable bonds is 4. The molecule has 4 nitrogen and oxygen atoms in total. The summed E-state index contributed by atoms with van der Waals surface area (Å²) in [5.74, 6) is -0.847. The minimum atomic E-state index is -0.459. The van der Waals surface area contributed by atoms with Crippen molar-refractivity contribution in [2.45, 2.75) is 27.2 Å². The van der Waals surface area contributed by atoms with Gasteiger partial charge in [-0.1, -0.05) is 40.9 Å². The van der Waals surface area contributed by atoms with E-state index >= 15 is 0 Å². The summed E-state index contributed by atoms with van der Waals surface area (Å²) in [5.41, 5.74) is 4.15. The molecule has 2 N–H and O–H groups in total. The van der Waals surface area contributed by atoms with Gasteiger partial charge in [0.05, 0.1) is 10.7 Å². The van der Waals surface area contributed by atoms with Crippen LogP contribution in [0.15, 0.2) is 30.3 Å². The van der Waals surface area contributed by atoms with Gasteiger partial charge in [0.2, 0.25) is 11.8 Å². The Labute approximate surface area is 151 Å². The van der Waals surface area contributed by atoms with Crippen LogP contribution in [0.1, 0.15) is 23.1 Å². The molecule has 126 valence electrons. The minimum absolute atomic E-state index is 0.310. The molecule has 0 bridgehead atoms. The third-order valence-electron chi connectivity index (χ3n) is 3.47. The molecule has 0 heterocycles. The maximum Gasteiger partial charge on any atom is 0.233 e. The minimum Gasteiger partial charge on any atom is -0.325 e. The Bertz CT molecular complexity index is 781. The summed E-state index contributed by atoms with van der Waals surface area (Å²) in [6, 6.07) is 8.70. The normalized spacial score (nSPS) is 10.4. The predicted molar refractivity (Wildman–Crippen MR) is 99.0 cm³/mol. The molecule has 0 unspecified atom stereocenters. The van der Waals surface area contributed by atoms with E-state index in [9.17, 15) is 9.59 Å². The number of carbonyl (C=O) groups excluding carboxylic acids is 2. The summed E-state index contributed by atoms with van der Waals surface area (Å²) in [4.78, 5) is 24.2. The van der Waals surface area contributed by atoms with Gasteiger partial charge < -0.3 is 10.6 Å². The van der Waals surface area contributed by atoms with E-state index in [2.05, 4.69) is 10.6 Å². The number of hydrogen-bond donors (Lipinski definition) is 2. The van der Waals surface area contributed by atoms with Gasteiger partial charge in [-0.25, -0.2) is 0 Å². The lowest BCUT2D eigenvalue weighted by atomic mass is 10.0. The van der Waals surface area contributed by atoms with Crippen molar-refractivity contribution in [3.05, 3.63) is 57.1 Å². The zero-order valence-electron chi connectivity index (χ0n) is 13.7. The lowest BCUT2D eigenvalue weighted by Crippen LogP contribution is -2.22. The molecule has 0 aliphatic carbocycles. The molecular weight excluding hydrogens is 347 g/mol. The average molecular weight is 365 g/mol. The molecule has 2 amide bonds. The van der Waals surface area contributed by atoms with Gasteiger partial charge in [0, 0.05) is 10.7 Å². The number of carbonyl (C=O) groups is 2. The summed E-state index contributed by atoms with van der Waals surface area (Å²) in [6.07, 6.45) is -0.310. The summed E-state index contributed by atoms with van der Waals surface area (Å²) in [6.45, 7) is 5.83. The van der Waals surface area contributed by atoms with Crippen LogP contribution in [0.4, 0.5) is 11.4 Å². The second-order valence-corrected chi connectivity index (χ2v) is 6.51. The number of hydrogen-bond acceptors (Lipinski definition) is 2. The van der Waals surface area contributed by atoms with Crippen LogP contribution in [-0.2, 0) is 9.59 Å². The van der Waals surface area contributed by atoms with E-state index in [-0.39, 0.29) is 12.3 Å². The molecule has 0 saturated heterocycles. The highest BCUT2D eigenvalue weighted by Gasteiger charge is 2.14. The first-order valence-corrected chi connectivity index (χ1v) is 8.14. The number of amides is 2. The Hall–Kier alpha value is -2.04. The highest BCUT2D eigenvalue weighted by atomic mass is 35.5. The van der Waals surface area contributed by atoms with E-state index in [1.807, 2.05) is 32.9 Å². The fourth-order valence-corrected chi connectivity index (χ4v) is 2.83. The zero-order chi connectivity index (χ0) is 17.9. The Morgan fingerprint density at radius 2 is 1.50 bits per heavy atom. The smallest absolute Gasteiger partial charge is 0.233 e. The third-order valence-corrected chi connectivity index (χ3v) is 4.03. The molecule has 0 radical (unpaired) electrons. The SMILES string of the molecule is Cc1cc(C)c(NC(=O)CC(=O)Nc2cc(Cl)ccc2Cl)c(C)c1. The Morgan fingerprint density at radius 1 is 0.917 bits per heavy atom. The van der Waals surface area contributed by atoms with E-state index in [4.69, 9.17) is 23.2 Å². The molecule has 0 atom stereocenters. The maximum absolute atomic E-state index is 12.1. The molecule has 0 aliphatic heterocycles. The summed E-state index contributed by atoms with van der Waals surface area (Å²) in [5, 5.41) is 6.19. The van der Waals surface area contributed by atoms with Crippen molar-refractivity contribution in [1.82, 2.24) is 0 Å². The molecule has 0 fully saturated rings. The monoisotopic (exact) mass is 364 g/mol. The van der Waals surface area contributed by atoms with E-state index in [1.165, 1.54) is 6.07 Å². The standard InChI is InChI=1S/C18H18Cl2N2O2/c1-10-6-11(2)18(12(3)7-10)22-17(24)9-16(23)21-15-8-13(19)4-5-14(15)20/h4-8H,9H2,1-3H3,(H,21,23)(H,22,24). The quantitative estimate of drug-likeness (QED) is 0.759. The third kappa shape index (κ3) is 4.73. The molecular formula is C18H18Cl2N2O2. The Balaban J connectivity index is 2.02. The van der Waals surface area contributed by atoms with Gasteiger partial charge in [-0.05, 0) is 50.1 Å². The predicted octanol–water partition coefficient (Wildman–Crippen LogP) is 4.89. The lowest BCUT2D eigenvalue weighted by Gasteiger charge is -2.13. The topological polar surface area (TPSA) is 58.2 Å². The summed E-state index contributed by atoms with van der Waals surface area (Å²) < 4.78 is 0. The molecule has 6 heteroatoms. The number of anilines is 2. The van der Waals surface area contributed by atoms with Crippen LogP contribution in [0.3, 0.4) is 0 Å². The van der Waals surface area contributed by atoms with Crippen LogP contribution in [0.2, 0.25) is 10.0 Å². The first-order valence-electron chi connectivity index (χ1n) is 7.39. The zero-order valence-corrected chi connectivity index (χ0v) is 15.2. The summed E-state index contributed by atoms with van der Waals surface area (Å²) in [7, 11) is 0. The molecule has 0 aromatic heterocycles. The second kappa shape index (κ2) is 7.69. The molecule has 0 aliphatic rings. The fraction of sp³-hybridized carbons (Fsp3) is 0.222. The lowest BCUT2D eigenvalue weighted by molar-refractivity contribution is -0.123. The first-order chi connectivity index (χ1) is 11.3. The van der Waals surface area contributed by atoms with Crippen LogP contribution in [0, 0.1) is 20.8 Å². The fourth-order valence-electron chi connectivity index (χ4n) is 2.49. The number of nitrogens with one attached hydrogen (secondary N) is 2. The van der Waals surface area contributed by atoms with Crippen LogP contribution in [0.25, 0.3) is 0 Å². The van der Waals surface area contributed by atoms with Gasteiger partial charge in [-0.15, -0.1) is 0 Å². The molecule has 2 aromatic rings. The Morgan fingerprint density at radius 3 is 2.12 bits per heavy atom. The van der Waals surface area contributed by atoms with Gasteiger partial charge in [-0.3, -0.25) is 9.59 Å². The van der Waals surface area contributed by atoms with Gasteiger partial charge in [0.15, 0.2) is 0 Å². The van der Waals surface area contributed by atoms with E-state index in [0.717, 1.165) is 22.4 Å². The van der Waals surface area contributed by atoms with Crippen LogP contribution in [0.5, 0.6) is 0 Å². The van der Waals surface area contributed by atoms with E-state index in [0.29, 0.717) is 15.7 Å². The van der Waals surface area contributed by atoms with Crippen LogP contribution in [-0.4, -0.2) is 11.8 Å². The van der Waals surface area contributed by atoms with Crippen molar-refractivity contribution in [2.75, 3.05) is 10.6 Å². The maximum atomic E-state index is 12.1. The molecule has 0 spiro atoms. The second-order valence-electron chi connectivity index (χ2n) is 5.67. The average Bonchev–Trinajstić information content (AvgIpc) is 2.46. The highest BCUT2D eigenvalue weighted by molar-refractivity contribution is 6.35. The molecule has 24 heavy (non-hydrogen) atoms. The van der Waals surface area contributed by atoms with Crippen molar-refractivity contribution in [3.8, 4) is 0 Å². The van der Waals surface area contributed by atoms with E-state index in [1.54, 1.807) is 12.1 Å². The number of benzene rings is 2. The first kappa shape index (κ1) is 18.3. The van der Waals surface area contributed by atoms with Crippen molar-refractivity contribution in [2.24, 2.45) is 0 Å². The van der Waals surface area contributed by atoms with Crippen molar-refractivity contribution >= 4 is 46.4 Å². The van der Waals surface area contributed by atoms with E-state index < -0.39 is 5.91 Å². The molecule has 2 aromatic carbocycles. The van der Waals surface area contributed by atoms with Gasteiger partial charge in [0.25, 0.3) is 0 Å². The van der Waals surface area contributed by atoms with Gasteiger partial charge in [0.1, 0.15) is 6.42 Å². The summed E-state index contributed by atoms with van der Waals surface area (Å²) >= 11 is 11.9. The number of halogens is 2. The number of aryl methyl sites for hydroxylation is 3. The van der Waals surface area contributed by atoms with Crippen molar-refractivity contribution in [1.29, 1.82) is 0 Å². The van der Waals surface area contributed by atoms with Crippen molar-refractivity contribution < 1.29 is 9.59 Å².